The van der Waals surface area contributed by atoms with Crippen LogP contribution in [0.3, 0.4) is 0 Å². The van der Waals surface area contributed by atoms with Crippen molar-refractivity contribution in [2.75, 3.05) is 13.1 Å². The van der Waals surface area contributed by atoms with E-state index in [2.05, 4.69) is 11.1 Å². The molecule has 1 amide bonds. The summed E-state index contributed by atoms with van der Waals surface area (Å²) in [5, 5.41) is 9.73. The monoisotopic (exact) mass is 552 g/mol. The molecule has 7 heteroatoms. The average Bonchev–Trinajstić information content (AvgIpc) is 3.06. The predicted octanol–water partition coefficient (Wildman–Crippen LogP) is 6.12. The first-order chi connectivity index (χ1) is 20.6. The molecule has 0 saturated carbocycles. The van der Waals surface area contributed by atoms with Gasteiger partial charge >= 0.3 is 0 Å². The van der Waals surface area contributed by atoms with E-state index in [9.17, 15) is 14.9 Å². The summed E-state index contributed by atoms with van der Waals surface area (Å²) in [4.78, 5) is 33.1. The number of likely N-dealkylation sites (tertiary alicyclic amines) is 1. The van der Waals surface area contributed by atoms with Crippen LogP contribution in [0.2, 0.25) is 0 Å². The molecule has 6 rings (SSSR count). The number of hydrogen-bond donors (Lipinski definition) is 0. The second kappa shape index (κ2) is 11.9. The van der Waals surface area contributed by atoms with Gasteiger partial charge in [-0.1, -0.05) is 48.5 Å². The number of ether oxygens (including phenoxy) is 1. The van der Waals surface area contributed by atoms with Gasteiger partial charge in [0.15, 0.2) is 0 Å². The van der Waals surface area contributed by atoms with Gasteiger partial charge in [0.25, 0.3) is 11.5 Å². The molecule has 1 aliphatic heterocycles. The molecule has 42 heavy (non-hydrogen) atoms. The van der Waals surface area contributed by atoms with Crippen LogP contribution >= 0.6 is 0 Å². The van der Waals surface area contributed by atoms with Crippen LogP contribution < -0.4 is 10.3 Å². The first-order valence-corrected chi connectivity index (χ1v) is 13.9. The predicted molar refractivity (Wildman–Crippen MR) is 161 cm³/mol. The van der Waals surface area contributed by atoms with E-state index in [1.807, 2.05) is 83.8 Å². The lowest BCUT2D eigenvalue weighted by atomic mass is 9.99. The minimum atomic E-state index is -0.248. The van der Waals surface area contributed by atoms with Gasteiger partial charge in [0.2, 0.25) is 0 Å². The lowest BCUT2D eigenvalue weighted by molar-refractivity contribution is 0.0595. The number of amides is 1. The highest BCUT2D eigenvalue weighted by Gasteiger charge is 2.25. The van der Waals surface area contributed by atoms with Gasteiger partial charge in [-0.25, -0.2) is 0 Å². The van der Waals surface area contributed by atoms with Gasteiger partial charge in [0.1, 0.15) is 11.9 Å². The maximum Gasteiger partial charge on any atom is 0.263 e. The minimum Gasteiger partial charge on any atom is -0.490 e. The number of benzene rings is 3. The third-order valence-electron chi connectivity index (χ3n) is 7.46. The van der Waals surface area contributed by atoms with Crippen LogP contribution in [0.25, 0.3) is 28.1 Å². The Kier molecular flexibility index (Phi) is 7.60. The smallest absolute Gasteiger partial charge is 0.263 e. The van der Waals surface area contributed by atoms with E-state index in [4.69, 9.17) is 4.74 Å². The fourth-order valence-electron chi connectivity index (χ4n) is 5.29. The van der Waals surface area contributed by atoms with E-state index >= 15 is 0 Å². The molecule has 206 valence electrons. The van der Waals surface area contributed by atoms with Gasteiger partial charge in [-0.05, 0) is 48.5 Å². The molecule has 7 nitrogen and oxygen atoms in total. The van der Waals surface area contributed by atoms with E-state index in [0.717, 1.165) is 5.56 Å². The Hall–Kier alpha value is -5.48. The summed E-state index contributed by atoms with van der Waals surface area (Å²) in [5.41, 5.74) is 3.96. The van der Waals surface area contributed by atoms with Gasteiger partial charge in [-0.2, -0.15) is 5.26 Å². The molecule has 3 heterocycles. The summed E-state index contributed by atoms with van der Waals surface area (Å²) in [7, 11) is 0. The first-order valence-electron chi connectivity index (χ1n) is 13.9. The average molecular weight is 553 g/mol. The van der Waals surface area contributed by atoms with Crippen LogP contribution in [0.4, 0.5) is 0 Å². The Morgan fingerprint density at radius 2 is 1.62 bits per heavy atom. The van der Waals surface area contributed by atoms with Gasteiger partial charge in [-0.15, -0.1) is 0 Å². The van der Waals surface area contributed by atoms with Crippen molar-refractivity contribution in [2.24, 2.45) is 0 Å². The van der Waals surface area contributed by atoms with Gasteiger partial charge < -0.3 is 9.64 Å². The number of nitriles is 1. The second-order valence-electron chi connectivity index (χ2n) is 10.2. The maximum atomic E-state index is 13.9. The summed E-state index contributed by atoms with van der Waals surface area (Å²) in [5.74, 6) is 0.687. The van der Waals surface area contributed by atoms with Crippen LogP contribution in [0.1, 0.15) is 28.8 Å². The highest BCUT2D eigenvalue weighted by atomic mass is 16.5. The number of pyridine rings is 2. The van der Waals surface area contributed by atoms with Gasteiger partial charge in [-0.3, -0.25) is 19.1 Å². The minimum absolute atomic E-state index is 0.0389. The molecule has 0 bridgehead atoms. The first kappa shape index (κ1) is 26.7. The zero-order valence-corrected chi connectivity index (χ0v) is 22.9. The summed E-state index contributed by atoms with van der Waals surface area (Å²) in [6.07, 6.45) is 4.87. The number of nitrogens with zero attached hydrogens (tertiary/aromatic N) is 4. The topological polar surface area (TPSA) is 88.2 Å². The van der Waals surface area contributed by atoms with E-state index in [-0.39, 0.29) is 17.6 Å². The standard InChI is InChI=1S/C35H28N4O3/c36-23-26-11-4-5-14-31(26)32-21-27(33-15-6-7-18-37-33)24-39(35(32)41)28-12-8-13-30(22-28)42-29-16-19-38(20-17-29)34(40)25-9-2-1-3-10-25/h1-15,18,21-22,24,29H,16-17,19-20H2. The Morgan fingerprint density at radius 3 is 2.38 bits per heavy atom. The zero-order chi connectivity index (χ0) is 28.9. The molecule has 0 atom stereocenters. The summed E-state index contributed by atoms with van der Waals surface area (Å²) < 4.78 is 7.93. The lowest BCUT2D eigenvalue weighted by Gasteiger charge is -2.32. The van der Waals surface area contributed by atoms with Crippen LogP contribution in [-0.4, -0.2) is 39.6 Å². The Bertz CT molecular complexity index is 1820. The van der Waals surface area contributed by atoms with Crippen LogP contribution in [0, 0.1) is 11.3 Å². The van der Waals surface area contributed by atoms with Gasteiger partial charge in [0, 0.05) is 66.6 Å². The normalized spacial score (nSPS) is 13.4. The molecule has 2 aromatic heterocycles. The number of carbonyl (C=O) groups excluding carboxylic acids is 1. The third-order valence-corrected chi connectivity index (χ3v) is 7.46. The SMILES string of the molecule is N#Cc1ccccc1-c1cc(-c2ccccn2)cn(-c2cccc(OC3CCN(C(=O)c4ccccc4)CC3)c2)c1=O. The van der Waals surface area contributed by atoms with Crippen LogP contribution in [0.15, 0.2) is 120 Å². The number of carbonyl (C=O) groups is 1. The Morgan fingerprint density at radius 1 is 0.857 bits per heavy atom. The van der Waals surface area contributed by atoms with Crippen molar-refractivity contribution in [3.63, 3.8) is 0 Å². The molecule has 1 aliphatic rings. The molecule has 0 radical (unpaired) electrons. The quantitative estimate of drug-likeness (QED) is 0.253. The second-order valence-corrected chi connectivity index (χ2v) is 10.2. The van der Waals surface area contributed by atoms with Crippen molar-refractivity contribution in [1.29, 1.82) is 5.26 Å². The maximum absolute atomic E-state index is 13.9. The fourth-order valence-corrected chi connectivity index (χ4v) is 5.29. The third kappa shape index (κ3) is 5.56. The Balaban J connectivity index is 1.28. The zero-order valence-electron chi connectivity index (χ0n) is 22.9. The van der Waals surface area contributed by atoms with Crippen molar-refractivity contribution < 1.29 is 9.53 Å². The summed E-state index contributed by atoms with van der Waals surface area (Å²) in [6.45, 7) is 1.23. The van der Waals surface area contributed by atoms with Crippen molar-refractivity contribution >= 4 is 5.91 Å². The van der Waals surface area contributed by atoms with E-state index in [1.54, 1.807) is 41.2 Å². The van der Waals surface area contributed by atoms with Gasteiger partial charge in [0.05, 0.1) is 23.0 Å². The molecular formula is C35H28N4O3. The van der Waals surface area contributed by atoms with Crippen LogP contribution in [0.5, 0.6) is 5.75 Å². The summed E-state index contributed by atoms with van der Waals surface area (Å²) in [6, 6.07) is 33.5. The lowest BCUT2D eigenvalue weighted by Crippen LogP contribution is -2.41. The molecule has 0 aliphatic carbocycles. The largest absolute Gasteiger partial charge is 0.490 e. The van der Waals surface area contributed by atoms with E-state index in [0.29, 0.717) is 65.3 Å². The molecule has 0 N–H and O–H groups in total. The van der Waals surface area contributed by atoms with Crippen LogP contribution in [-0.2, 0) is 0 Å². The molecule has 5 aromatic rings. The molecule has 1 fully saturated rings. The number of aromatic nitrogens is 2. The summed E-state index contributed by atoms with van der Waals surface area (Å²) >= 11 is 0. The molecule has 0 unspecified atom stereocenters. The van der Waals surface area contributed by atoms with Crippen molar-refractivity contribution in [3.05, 3.63) is 137 Å². The van der Waals surface area contributed by atoms with Crippen molar-refractivity contribution in [2.45, 2.75) is 18.9 Å². The number of piperidine rings is 1. The Labute approximate surface area is 243 Å². The highest BCUT2D eigenvalue weighted by Crippen LogP contribution is 2.28. The number of hydrogen-bond acceptors (Lipinski definition) is 5. The molecular weight excluding hydrogens is 524 g/mol. The van der Waals surface area contributed by atoms with E-state index < -0.39 is 0 Å². The molecule has 0 spiro atoms. The fraction of sp³-hybridized carbons (Fsp3) is 0.143. The highest BCUT2D eigenvalue weighted by molar-refractivity contribution is 5.94. The number of rotatable bonds is 6. The van der Waals surface area contributed by atoms with E-state index in [1.165, 1.54) is 0 Å². The van der Waals surface area contributed by atoms with Crippen molar-refractivity contribution in [1.82, 2.24) is 14.5 Å². The molecule has 1 saturated heterocycles. The van der Waals surface area contributed by atoms with Crippen molar-refractivity contribution in [3.8, 4) is 39.9 Å². The molecule has 3 aromatic carbocycles.